The lowest BCUT2D eigenvalue weighted by molar-refractivity contribution is 0.0344. The van der Waals surface area contributed by atoms with Crippen molar-refractivity contribution in [3.63, 3.8) is 0 Å². The first-order valence-electron chi connectivity index (χ1n) is 6.42. The van der Waals surface area contributed by atoms with Gasteiger partial charge in [-0.15, -0.1) is 0 Å². The normalized spacial score (nSPS) is 18.1. The van der Waals surface area contributed by atoms with E-state index in [9.17, 15) is 5.11 Å². The molecule has 1 N–H and O–H groups in total. The van der Waals surface area contributed by atoms with E-state index in [1.807, 2.05) is 26.8 Å². The summed E-state index contributed by atoms with van der Waals surface area (Å²) in [6, 6.07) is 2.02. The summed E-state index contributed by atoms with van der Waals surface area (Å²) in [4.78, 5) is 13.0. The maximum atomic E-state index is 9.81. The third-order valence-corrected chi connectivity index (χ3v) is 3.10. The molecule has 0 amide bonds. The molecule has 0 bridgehead atoms. The van der Waals surface area contributed by atoms with Gasteiger partial charge in [-0.25, -0.2) is 9.97 Å². The highest BCUT2D eigenvalue weighted by Crippen LogP contribution is 2.15. The molecule has 2 heterocycles. The van der Waals surface area contributed by atoms with Crippen molar-refractivity contribution in [2.75, 3.05) is 37.6 Å². The van der Waals surface area contributed by atoms with Gasteiger partial charge in [0.15, 0.2) is 0 Å². The van der Waals surface area contributed by atoms with Crippen LogP contribution in [0.5, 0.6) is 0 Å². The standard InChI is InChI=1S/C13H22N4O/c1-11-8-12(15-10-14-11)17-6-4-16(5-7-17)9-13(2,3)18/h8,10,18H,4-7,9H2,1-3H3. The van der Waals surface area contributed by atoms with Crippen molar-refractivity contribution >= 4 is 5.82 Å². The first-order valence-corrected chi connectivity index (χ1v) is 6.42. The predicted octanol–water partition coefficient (Wildman–Crippen LogP) is 0.678. The van der Waals surface area contributed by atoms with Crippen molar-refractivity contribution in [2.24, 2.45) is 0 Å². The molecule has 5 nitrogen and oxygen atoms in total. The Morgan fingerprint density at radius 2 is 1.89 bits per heavy atom. The summed E-state index contributed by atoms with van der Waals surface area (Å²) in [5, 5.41) is 9.81. The van der Waals surface area contributed by atoms with E-state index < -0.39 is 5.60 Å². The van der Waals surface area contributed by atoms with Crippen molar-refractivity contribution in [3.8, 4) is 0 Å². The van der Waals surface area contributed by atoms with E-state index in [0.29, 0.717) is 0 Å². The lowest BCUT2D eigenvalue weighted by Gasteiger charge is -2.37. The molecule has 1 aliphatic heterocycles. The molecule has 0 atom stereocenters. The largest absolute Gasteiger partial charge is 0.389 e. The molecule has 1 fully saturated rings. The fourth-order valence-electron chi connectivity index (χ4n) is 2.30. The third kappa shape index (κ3) is 3.65. The summed E-state index contributed by atoms with van der Waals surface area (Å²) >= 11 is 0. The fourth-order valence-corrected chi connectivity index (χ4v) is 2.30. The van der Waals surface area contributed by atoms with E-state index in [4.69, 9.17) is 0 Å². The molecule has 100 valence electrons. The number of anilines is 1. The van der Waals surface area contributed by atoms with Crippen LogP contribution >= 0.6 is 0 Å². The summed E-state index contributed by atoms with van der Waals surface area (Å²) in [5.41, 5.74) is 0.382. The molecule has 0 aliphatic carbocycles. The van der Waals surface area contributed by atoms with Crippen LogP contribution in [0.4, 0.5) is 5.82 Å². The van der Waals surface area contributed by atoms with E-state index in [1.165, 1.54) is 0 Å². The topological polar surface area (TPSA) is 52.5 Å². The number of rotatable bonds is 3. The monoisotopic (exact) mass is 250 g/mol. The zero-order valence-corrected chi connectivity index (χ0v) is 11.4. The summed E-state index contributed by atoms with van der Waals surface area (Å²) < 4.78 is 0. The van der Waals surface area contributed by atoms with Crippen molar-refractivity contribution in [1.29, 1.82) is 0 Å². The number of aromatic nitrogens is 2. The van der Waals surface area contributed by atoms with Gasteiger partial charge in [-0.2, -0.15) is 0 Å². The molecule has 0 saturated carbocycles. The minimum atomic E-state index is -0.617. The smallest absolute Gasteiger partial charge is 0.132 e. The molecule has 1 aromatic rings. The van der Waals surface area contributed by atoms with E-state index in [1.54, 1.807) is 6.33 Å². The van der Waals surface area contributed by atoms with Crippen LogP contribution in [0.15, 0.2) is 12.4 Å². The summed E-state index contributed by atoms with van der Waals surface area (Å²) in [7, 11) is 0. The van der Waals surface area contributed by atoms with Gasteiger partial charge < -0.3 is 10.0 Å². The molecule has 1 aromatic heterocycles. The zero-order chi connectivity index (χ0) is 13.2. The molecule has 2 rings (SSSR count). The Morgan fingerprint density at radius 3 is 2.44 bits per heavy atom. The Hall–Kier alpha value is -1.20. The van der Waals surface area contributed by atoms with Crippen molar-refractivity contribution in [3.05, 3.63) is 18.1 Å². The number of aryl methyl sites for hydroxylation is 1. The van der Waals surface area contributed by atoms with Gasteiger partial charge in [-0.1, -0.05) is 0 Å². The van der Waals surface area contributed by atoms with E-state index in [2.05, 4.69) is 19.8 Å². The lowest BCUT2D eigenvalue weighted by Crippen LogP contribution is -2.50. The number of hydrogen-bond acceptors (Lipinski definition) is 5. The van der Waals surface area contributed by atoms with Crippen LogP contribution in [0.2, 0.25) is 0 Å². The molecule has 5 heteroatoms. The Balaban J connectivity index is 1.91. The SMILES string of the molecule is Cc1cc(N2CCN(CC(C)(C)O)CC2)ncn1. The first kappa shape index (κ1) is 13.2. The van der Waals surface area contributed by atoms with Crippen LogP contribution in [0.1, 0.15) is 19.5 Å². The van der Waals surface area contributed by atoms with Crippen LogP contribution in [0, 0.1) is 6.92 Å². The van der Waals surface area contributed by atoms with Gasteiger partial charge in [0.25, 0.3) is 0 Å². The number of β-amino-alcohol motifs (C(OH)–C–C–N with tert-alkyl or cyclic N) is 1. The van der Waals surface area contributed by atoms with Gasteiger partial charge in [0, 0.05) is 44.5 Å². The Labute approximate surface area is 108 Å². The highest BCUT2D eigenvalue weighted by atomic mass is 16.3. The molecular formula is C13H22N4O. The molecule has 0 radical (unpaired) electrons. The summed E-state index contributed by atoms with van der Waals surface area (Å²) in [6.45, 7) is 10.2. The van der Waals surface area contributed by atoms with Gasteiger partial charge in [0.2, 0.25) is 0 Å². The van der Waals surface area contributed by atoms with E-state index in [-0.39, 0.29) is 0 Å². The highest BCUT2D eigenvalue weighted by molar-refractivity contribution is 5.39. The van der Waals surface area contributed by atoms with Gasteiger partial charge in [-0.05, 0) is 20.8 Å². The Morgan fingerprint density at radius 1 is 1.22 bits per heavy atom. The number of piperazine rings is 1. The first-order chi connectivity index (χ1) is 8.44. The van der Waals surface area contributed by atoms with Gasteiger partial charge >= 0.3 is 0 Å². The lowest BCUT2D eigenvalue weighted by atomic mass is 10.1. The Kier molecular flexibility index (Phi) is 3.82. The molecule has 0 aromatic carbocycles. The average Bonchev–Trinajstić information content (AvgIpc) is 2.28. The summed E-state index contributed by atoms with van der Waals surface area (Å²) in [6.07, 6.45) is 1.62. The predicted molar refractivity (Wildman–Crippen MR) is 71.7 cm³/mol. The minimum Gasteiger partial charge on any atom is -0.389 e. The van der Waals surface area contributed by atoms with Crippen LogP contribution in [0.25, 0.3) is 0 Å². The number of hydrogen-bond donors (Lipinski definition) is 1. The molecular weight excluding hydrogens is 228 g/mol. The number of aliphatic hydroxyl groups is 1. The maximum Gasteiger partial charge on any atom is 0.132 e. The molecule has 0 spiro atoms. The quantitative estimate of drug-likeness (QED) is 0.855. The molecule has 18 heavy (non-hydrogen) atoms. The second-order valence-corrected chi connectivity index (χ2v) is 5.59. The molecule has 0 unspecified atom stereocenters. The van der Waals surface area contributed by atoms with E-state index in [0.717, 1.165) is 44.2 Å². The third-order valence-electron chi connectivity index (χ3n) is 3.10. The average molecular weight is 250 g/mol. The van der Waals surface area contributed by atoms with Crippen LogP contribution in [0.3, 0.4) is 0 Å². The van der Waals surface area contributed by atoms with E-state index >= 15 is 0 Å². The van der Waals surface area contributed by atoms with Crippen LogP contribution in [-0.4, -0.2) is 58.3 Å². The second kappa shape index (κ2) is 5.20. The maximum absolute atomic E-state index is 9.81. The second-order valence-electron chi connectivity index (χ2n) is 5.59. The zero-order valence-electron chi connectivity index (χ0n) is 11.4. The van der Waals surface area contributed by atoms with Gasteiger partial charge in [0.05, 0.1) is 5.60 Å². The van der Waals surface area contributed by atoms with Crippen LogP contribution < -0.4 is 4.90 Å². The number of nitrogens with zero attached hydrogens (tertiary/aromatic N) is 4. The summed E-state index contributed by atoms with van der Waals surface area (Å²) in [5.74, 6) is 1.01. The Bertz CT molecular complexity index is 394. The van der Waals surface area contributed by atoms with Crippen molar-refractivity contribution in [2.45, 2.75) is 26.4 Å². The van der Waals surface area contributed by atoms with Crippen LogP contribution in [-0.2, 0) is 0 Å². The highest BCUT2D eigenvalue weighted by Gasteiger charge is 2.23. The van der Waals surface area contributed by atoms with Crippen molar-refractivity contribution in [1.82, 2.24) is 14.9 Å². The fraction of sp³-hybridized carbons (Fsp3) is 0.692. The van der Waals surface area contributed by atoms with Gasteiger partial charge in [0.1, 0.15) is 12.1 Å². The van der Waals surface area contributed by atoms with Gasteiger partial charge in [-0.3, -0.25) is 4.90 Å². The minimum absolute atomic E-state index is 0.617. The van der Waals surface area contributed by atoms with Crippen molar-refractivity contribution < 1.29 is 5.11 Å². The molecule has 1 aliphatic rings. The molecule has 1 saturated heterocycles.